The first kappa shape index (κ1) is 25.3. The fraction of sp³-hybridized carbons (Fsp3) is 0.150. The zero-order chi connectivity index (χ0) is 29.4. The van der Waals surface area contributed by atoms with Gasteiger partial charge in [0.15, 0.2) is 0 Å². The first-order valence-corrected chi connectivity index (χ1v) is 15.6. The van der Waals surface area contributed by atoms with E-state index in [9.17, 15) is 9.59 Å². The second-order valence-corrected chi connectivity index (χ2v) is 12.4. The van der Waals surface area contributed by atoms with Crippen molar-refractivity contribution in [2.24, 2.45) is 0 Å². The third kappa shape index (κ3) is 3.77. The van der Waals surface area contributed by atoms with E-state index >= 15 is 0 Å². The fourth-order valence-corrected chi connectivity index (χ4v) is 7.84. The zero-order valence-corrected chi connectivity index (χ0v) is 24.2. The van der Waals surface area contributed by atoms with Crippen molar-refractivity contribution in [3.8, 4) is 0 Å². The molecule has 0 radical (unpaired) electrons. The van der Waals surface area contributed by atoms with Crippen molar-refractivity contribution < 1.29 is 9.59 Å². The zero-order valence-electron chi connectivity index (χ0n) is 24.2. The SMILES string of the molecule is O=C(N[C@H]1CCCC[C@@H]1NC(=O)c1ccc2ccc3cccc4ccc1c2c34)c1ccc2ccc3cccc4ccc1c2c34. The van der Waals surface area contributed by atoms with Crippen LogP contribution in [0.3, 0.4) is 0 Å². The molecule has 2 amide bonds. The van der Waals surface area contributed by atoms with E-state index in [0.717, 1.165) is 58.0 Å². The average Bonchev–Trinajstić information content (AvgIpc) is 3.06. The van der Waals surface area contributed by atoms with Crippen LogP contribution >= 0.6 is 0 Å². The van der Waals surface area contributed by atoms with Gasteiger partial charge in [0.1, 0.15) is 0 Å². The van der Waals surface area contributed by atoms with Gasteiger partial charge in [-0.05, 0) is 89.6 Å². The molecule has 1 fully saturated rings. The molecule has 0 unspecified atom stereocenters. The summed E-state index contributed by atoms with van der Waals surface area (Å²) >= 11 is 0. The molecule has 0 aromatic heterocycles. The van der Waals surface area contributed by atoms with Crippen molar-refractivity contribution in [2.75, 3.05) is 0 Å². The standard InChI is InChI=1S/C40H30N2O2/c43-39(31-21-17-27-13-11-23-5-3-7-25-15-19-29(31)37(27)35(23)25)41-33-9-1-2-10-34(33)42-40(44)32-22-18-28-14-12-24-6-4-8-26-16-20-30(32)38(28)36(24)26/h3-8,11-22,33-34H,1-2,9-10H2,(H,41,43)(H,42,44)/t33-,34-/m0/s1. The molecule has 1 aliphatic rings. The number of amides is 2. The highest BCUT2D eigenvalue weighted by atomic mass is 16.2. The Morgan fingerprint density at radius 1 is 0.432 bits per heavy atom. The van der Waals surface area contributed by atoms with Crippen LogP contribution in [0.1, 0.15) is 46.4 Å². The van der Waals surface area contributed by atoms with Crippen molar-refractivity contribution in [2.45, 2.75) is 37.8 Å². The molecule has 0 aliphatic heterocycles. The molecule has 1 aliphatic carbocycles. The van der Waals surface area contributed by atoms with Gasteiger partial charge in [-0.15, -0.1) is 0 Å². The Bertz CT molecular complexity index is 2210. The topological polar surface area (TPSA) is 58.2 Å². The maximum Gasteiger partial charge on any atom is 0.252 e. The van der Waals surface area contributed by atoms with Crippen LogP contribution in [0.2, 0.25) is 0 Å². The fourth-order valence-electron chi connectivity index (χ4n) is 7.84. The van der Waals surface area contributed by atoms with Crippen molar-refractivity contribution in [3.05, 3.63) is 120 Å². The Morgan fingerprint density at radius 2 is 0.773 bits per heavy atom. The van der Waals surface area contributed by atoms with Crippen LogP contribution in [0, 0.1) is 0 Å². The van der Waals surface area contributed by atoms with E-state index in [1.807, 2.05) is 12.1 Å². The molecule has 0 heterocycles. The van der Waals surface area contributed by atoms with Gasteiger partial charge in [-0.25, -0.2) is 0 Å². The first-order chi connectivity index (χ1) is 21.6. The highest BCUT2D eigenvalue weighted by molar-refractivity contribution is 6.27. The van der Waals surface area contributed by atoms with Crippen molar-refractivity contribution in [1.82, 2.24) is 10.6 Å². The lowest BCUT2D eigenvalue weighted by Gasteiger charge is -2.33. The Morgan fingerprint density at radius 3 is 1.18 bits per heavy atom. The van der Waals surface area contributed by atoms with Crippen LogP contribution in [0.4, 0.5) is 0 Å². The molecule has 0 spiro atoms. The molecule has 0 bridgehead atoms. The Hall–Kier alpha value is -5.22. The van der Waals surface area contributed by atoms with Gasteiger partial charge in [-0.2, -0.15) is 0 Å². The van der Waals surface area contributed by atoms with Crippen molar-refractivity contribution >= 4 is 76.4 Å². The molecule has 4 nitrogen and oxygen atoms in total. The summed E-state index contributed by atoms with van der Waals surface area (Å²) in [6.07, 6.45) is 3.71. The van der Waals surface area contributed by atoms with E-state index in [4.69, 9.17) is 0 Å². The van der Waals surface area contributed by atoms with E-state index in [-0.39, 0.29) is 23.9 Å². The van der Waals surface area contributed by atoms with Gasteiger partial charge >= 0.3 is 0 Å². The third-order valence-electron chi connectivity index (χ3n) is 9.95. The number of benzene rings is 8. The highest BCUT2D eigenvalue weighted by Gasteiger charge is 2.29. The van der Waals surface area contributed by atoms with Crippen molar-refractivity contribution in [3.63, 3.8) is 0 Å². The molecule has 8 aromatic carbocycles. The molecular weight excluding hydrogens is 540 g/mol. The summed E-state index contributed by atoms with van der Waals surface area (Å²) in [5.41, 5.74) is 1.36. The number of carbonyl (C=O) groups excluding carboxylic acids is 2. The van der Waals surface area contributed by atoms with E-state index in [2.05, 4.69) is 108 Å². The maximum atomic E-state index is 13.9. The predicted molar refractivity (Wildman–Crippen MR) is 181 cm³/mol. The largest absolute Gasteiger partial charge is 0.347 e. The van der Waals surface area contributed by atoms with E-state index in [1.54, 1.807) is 0 Å². The summed E-state index contributed by atoms with van der Waals surface area (Å²) in [5.74, 6) is -0.173. The molecule has 2 N–H and O–H groups in total. The normalized spacial score (nSPS) is 17.4. The molecule has 2 atom stereocenters. The monoisotopic (exact) mass is 570 g/mol. The molecule has 44 heavy (non-hydrogen) atoms. The molecular formula is C40H30N2O2. The molecule has 0 saturated heterocycles. The number of rotatable bonds is 4. The van der Waals surface area contributed by atoms with Crippen molar-refractivity contribution in [1.29, 1.82) is 0 Å². The second-order valence-electron chi connectivity index (χ2n) is 12.4. The van der Waals surface area contributed by atoms with Crippen LogP contribution in [0.25, 0.3) is 64.6 Å². The summed E-state index contributed by atoms with van der Waals surface area (Å²) in [6.45, 7) is 0. The Labute approximate surface area is 254 Å². The van der Waals surface area contributed by atoms with Gasteiger partial charge in [-0.3, -0.25) is 9.59 Å². The quantitative estimate of drug-likeness (QED) is 0.208. The van der Waals surface area contributed by atoms with Gasteiger partial charge < -0.3 is 10.6 Å². The predicted octanol–water partition coefficient (Wildman–Crippen LogP) is 8.95. The number of nitrogens with one attached hydrogen (secondary N) is 2. The van der Waals surface area contributed by atoms with Crippen LogP contribution in [0.15, 0.2) is 109 Å². The summed E-state index contributed by atoms with van der Waals surface area (Å²) in [4.78, 5) is 27.8. The summed E-state index contributed by atoms with van der Waals surface area (Å²) in [6, 6.07) is 37.3. The lowest BCUT2D eigenvalue weighted by molar-refractivity contribution is 0.0864. The third-order valence-corrected chi connectivity index (χ3v) is 9.95. The number of hydrogen-bond acceptors (Lipinski definition) is 2. The lowest BCUT2D eigenvalue weighted by atomic mass is 9.88. The van der Waals surface area contributed by atoms with Gasteiger partial charge in [0.05, 0.1) is 0 Å². The smallest absolute Gasteiger partial charge is 0.252 e. The molecule has 4 heteroatoms. The number of hydrogen-bond donors (Lipinski definition) is 2. The minimum atomic E-state index is -0.140. The summed E-state index contributed by atoms with van der Waals surface area (Å²) in [5, 5.41) is 20.3. The first-order valence-electron chi connectivity index (χ1n) is 15.6. The van der Waals surface area contributed by atoms with Crippen LogP contribution < -0.4 is 10.6 Å². The van der Waals surface area contributed by atoms with Crippen LogP contribution in [-0.2, 0) is 0 Å². The van der Waals surface area contributed by atoms with Gasteiger partial charge in [-0.1, -0.05) is 110 Å². The molecule has 212 valence electrons. The van der Waals surface area contributed by atoms with E-state index in [1.165, 1.54) is 32.3 Å². The van der Waals surface area contributed by atoms with Gasteiger partial charge in [0, 0.05) is 23.2 Å². The second kappa shape index (κ2) is 9.65. The molecule has 9 rings (SSSR count). The average molecular weight is 571 g/mol. The highest BCUT2D eigenvalue weighted by Crippen LogP contribution is 2.37. The summed E-state index contributed by atoms with van der Waals surface area (Å²) < 4.78 is 0. The van der Waals surface area contributed by atoms with E-state index < -0.39 is 0 Å². The van der Waals surface area contributed by atoms with Gasteiger partial charge in [0.25, 0.3) is 11.8 Å². The minimum absolute atomic E-state index is 0.0863. The van der Waals surface area contributed by atoms with Crippen LogP contribution in [-0.4, -0.2) is 23.9 Å². The summed E-state index contributed by atoms with van der Waals surface area (Å²) in [7, 11) is 0. The van der Waals surface area contributed by atoms with E-state index in [0.29, 0.717) is 11.1 Å². The number of carbonyl (C=O) groups is 2. The molecule has 1 saturated carbocycles. The molecule has 8 aromatic rings. The Balaban J connectivity index is 1.04. The maximum absolute atomic E-state index is 13.9. The van der Waals surface area contributed by atoms with Crippen LogP contribution in [0.5, 0.6) is 0 Å². The minimum Gasteiger partial charge on any atom is -0.347 e. The van der Waals surface area contributed by atoms with Gasteiger partial charge in [0.2, 0.25) is 0 Å². The Kier molecular flexibility index (Phi) is 5.55. The lowest BCUT2D eigenvalue weighted by Crippen LogP contribution is -2.53.